The highest BCUT2D eigenvalue weighted by molar-refractivity contribution is 5.36. The number of rotatable bonds is 5. The summed E-state index contributed by atoms with van der Waals surface area (Å²) in [6.07, 6.45) is 5.93. The molecule has 70 valence electrons. The van der Waals surface area contributed by atoms with Crippen LogP contribution in [0.5, 0.6) is 0 Å². The lowest BCUT2D eigenvalue weighted by Crippen LogP contribution is -2.02. The SMILES string of the molecule is C=CCCCNc1cc(C)ccn1. The minimum absolute atomic E-state index is 0.961. The lowest BCUT2D eigenvalue weighted by Gasteiger charge is -2.04. The van der Waals surface area contributed by atoms with Crippen molar-refractivity contribution in [2.45, 2.75) is 19.8 Å². The van der Waals surface area contributed by atoms with E-state index in [1.807, 2.05) is 24.4 Å². The van der Waals surface area contributed by atoms with Crippen molar-refractivity contribution in [1.29, 1.82) is 0 Å². The van der Waals surface area contributed by atoms with Gasteiger partial charge in [-0.25, -0.2) is 4.98 Å². The maximum atomic E-state index is 4.20. The standard InChI is InChI=1S/C11H16N2/c1-3-4-5-7-12-11-9-10(2)6-8-13-11/h3,6,8-9H,1,4-5,7H2,2H3,(H,12,13). The van der Waals surface area contributed by atoms with Gasteiger partial charge in [0.2, 0.25) is 0 Å². The van der Waals surface area contributed by atoms with Crippen LogP contribution in [0.4, 0.5) is 5.82 Å². The Labute approximate surface area is 79.7 Å². The van der Waals surface area contributed by atoms with E-state index in [-0.39, 0.29) is 0 Å². The zero-order valence-electron chi connectivity index (χ0n) is 8.09. The minimum atomic E-state index is 0.961. The lowest BCUT2D eigenvalue weighted by atomic mass is 10.3. The number of aromatic nitrogens is 1. The van der Waals surface area contributed by atoms with E-state index in [1.165, 1.54) is 5.56 Å². The highest BCUT2D eigenvalue weighted by atomic mass is 15.0. The molecule has 1 N–H and O–H groups in total. The summed E-state index contributed by atoms with van der Waals surface area (Å²) in [5.74, 6) is 0.962. The van der Waals surface area contributed by atoms with Gasteiger partial charge in [0.25, 0.3) is 0 Å². The Morgan fingerprint density at radius 2 is 2.46 bits per heavy atom. The molecular weight excluding hydrogens is 160 g/mol. The fraction of sp³-hybridized carbons (Fsp3) is 0.364. The molecule has 0 atom stereocenters. The minimum Gasteiger partial charge on any atom is -0.370 e. The molecule has 1 rings (SSSR count). The van der Waals surface area contributed by atoms with Gasteiger partial charge in [-0.15, -0.1) is 6.58 Å². The van der Waals surface area contributed by atoms with Crippen LogP contribution in [0.25, 0.3) is 0 Å². The molecule has 13 heavy (non-hydrogen) atoms. The molecule has 0 aliphatic rings. The summed E-state index contributed by atoms with van der Waals surface area (Å²) in [6, 6.07) is 4.04. The lowest BCUT2D eigenvalue weighted by molar-refractivity contribution is 0.885. The highest BCUT2D eigenvalue weighted by Gasteiger charge is 1.91. The summed E-state index contributed by atoms with van der Waals surface area (Å²) in [7, 11) is 0. The second-order valence-corrected chi connectivity index (χ2v) is 3.08. The quantitative estimate of drug-likeness (QED) is 0.551. The maximum absolute atomic E-state index is 4.20. The Bertz CT molecular complexity index is 269. The number of unbranched alkanes of at least 4 members (excludes halogenated alkanes) is 1. The van der Waals surface area contributed by atoms with Gasteiger partial charge in [-0.3, -0.25) is 0 Å². The third kappa shape index (κ3) is 3.74. The van der Waals surface area contributed by atoms with Gasteiger partial charge in [0.1, 0.15) is 5.82 Å². The molecule has 2 heteroatoms. The molecule has 0 amide bonds. The number of aryl methyl sites for hydroxylation is 1. The van der Waals surface area contributed by atoms with E-state index in [1.54, 1.807) is 0 Å². The van der Waals surface area contributed by atoms with Crippen molar-refractivity contribution in [3.63, 3.8) is 0 Å². The predicted molar refractivity (Wildman–Crippen MR) is 56.9 cm³/mol. The third-order valence-corrected chi connectivity index (χ3v) is 1.81. The first-order chi connectivity index (χ1) is 6.33. The summed E-state index contributed by atoms with van der Waals surface area (Å²) in [5.41, 5.74) is 1.24. The van der Waals surface area contributed by atoms with Gasteiger partial charge in [-0.2, -0.15) is 0 Å². The van der Waals surface area contributed by atoms with Crippen molar-refractivity contribution < 1.29 is 0 Å². The van der Waals surface area contributed by atoms with E-state index in [4.69, 9.17) is 0 Å². The van der Waals surface area contributed by atoms with Crippen molar-refractivity contribution >= 4 is 5.82 Å². The molecule has 1 heterocycles. The first-order valence-corrected chi connectivity index (χ1v) is 4.60. The van der Waals surface area contributed by atoms with E-state index in [2.05, 4.69) is 23.8 Å². The van der Waals surface area contributed by atoms with Crippen LogP contribution in [0.2, 0.25) is 0 Å². The molecule has 0 unspecified atom stereocenters. The summed E-state index contributed by atoms with van der Waals surface area (Å²) < 4.78 is 0. The summed E-state index contributed by atoms with van der Waals surface area (Å²) in [4.78, 5) is 4.20. The number of nitrogens with one attached hydrogen (secondary N) is 1. The molecular formula is C11H16N2. The summed E-state index contributed by atoms with van der Waals surface area (Å²) in [6.45, 7) is 6.70. The van der Waals surface area contributed by atoms with Crippen LogP contribution in [-0.2, 0) is 0 Å². The van der Waals surface area contributed by atoms with Crippen molar-refractivity contribution in [1.82, 2.24) is 4.98 Å². The van der Waals surface area contributed by atoms with Crippen LogP contribution >= 0.6 is 0 Å². The fourth-order valence-corrected chi connectivity index (χ4v) is 1.10. The molecule has 0 aliphatic heterocycles. The number of pyridine rings is 1. The van der Waals surface area contributed by atoms with Crippen LogP contribution in [-0.4, -0.2) is 11.5 Å². The van der Waals surface area contributed by atoms with Crippen LogP contribution in [0.1, 0.15) is 18.4 Å². The maximum Gasteiger partial charge on any atom is 0.126 e. The Kier molecular flexibility index (Phi) is 4.03. The third-order valence-electron chi connectivity index (χ3n) is 1.81. The van der Waals surface area contributed by atoms with Gasteiger partial charge in [-0.05, 0) is 37.5 Å². The van der Waals surface area contributed by atoms with Gasteiger partial charge in [0.05, 0.1) is 0 Å². The topological polar surface area (TPSA) is 24.9 Å². The summed E-state index contributed by atoms with van der Waals surface area (Å²) in [5, 5.41) is 3.26. The number of allylic oxidation sites excluding steroid dienone is 1. The Hall–Kier alpha value is -1.31. The molecule has 1 aromatic heterocycles. The molecule has 0 radical (unpaired) electrons. The highest BCUT2D eigenvalue weighted by Crippen LogP contribution is 2.05. The largest absolute Gasteiger partial charge is 0.370 e. The normalized spacial score (nSPS) is 9.62. The first-order valence-electron chi connectivity index (χ1n) is 4.60. The van der Waals surface area contributed by atoms with Gasteiger partial charge in [0.15, 0.2) is 0 Å². The molecule has 0 bridgehead atoms. The van der Waals surface area contributed by atoms with E-state index < -0.39 is 0 Å². The van der Waals surface area contributed by atoms with Gasteiger partial charge < -0.3 is 5.32 Å². The Morgan fingerprint density at radius 1 is 1.62 bits per heavy atom. The van der Waals surface area contributed by atoms with Crippen molar-refractivity contribution in [3.8, 4) is 0 Å². The van der Waals surface area contributed by atoms with Gasteiger partial charge >= 0.3 is 0 Å². The molecule has 0 spiro atoms. The monoisotopic (exact) mass is 176 g/mol. The average Bonchev–Trinajstić information content (AvgIpc) is 2.13. The molecule has 0 saturated heterocycles. The second kappa shape index (κ2) is 5.36. The average molecular weight is 176 g/mol. The van der Waals surface area contributed by atoms with Gasteiger partial charge in [-0.1, -0.05) is 6.08 Å². The summed E-state index contributed by atoms with van der Waals surface area (Å²) >= 11 is 0. The molecule has 0 saturated carbocycles. The fourth-order valence-electron chi connectivity index (χ4n) is 1.10. The molecule has 1 aromatic rings. The van der Waals surface area contributed by atoms with Crippen LogP contribution in [0.15, 0.2) is 31.0 Å². The molecule has 2 nitrogen and oxygen atoms in total. The van der Waals surface area contributed by atoms with Crippen molar-refractivity contribution in [2.24, 2.45) is 0 Å². The van der Waals surface area contributed by atoms with Gasteiger partial charge in [0, 0.05) is 12.7 Å². The van der Waals surface area contributed by atoms with Crippen LogP contribution < -0.4 is 5.32 Å². The Balaban J connectivity index is 2.32. The van der Waals surface area contributed by atoms with Crippen LogP contribution in [0, 0.1) is 6.92 Å². The first kappa shape index (κ1) is 9.78. The molecule has 0 aliphatic carbocycles. The predicted octanol–water partition coefficient (Wildman–Crippen LogP) is 2.77. The van der Waals surface area contributed by atoms with E-state index in [0.29, 0.717) is 0 Å². The number of hydrogen-bond acceptors (Lipinski definition) is 2. The van der Waals surface area contributed by atoms with E-state index in [0.717, 1.165) is 25.2 Å². The smallest absolute Gasteiger partial charge is 0.126 e. The number of hydrogen-bond donors (Lipinski definition) is 1. The van der Waals surface area contributed by atoms with Crippen molar-refractivity contribution in [2.75, 3.05) is 11.9 Å². The van der Waals surface area contributed by atoms with E-state index >= 15 is 0 Å². The molecule has 0 aromatic carbocycles. The zero-order chi connectivity index (χ0) is 9.52. The second-order valence-electron chi connectivity index (χ2n) is 3.08. The van der Waals surface area contributed by atoms with Crippen LogP contribution in [0.3, 0.4) is 0 Å². The molecule has 0 fully saturated rings. The number of anilines is 1. The van der Waals surface area contributed by atoms with E-state index in [9.17, 15) is 0 Å². The van der Waals surface area contributed by atoms with Crippen molar-refractivity contribution in [3.05, 3.63) is 36.5 Å². The zero-order valence-corrected chi connectivity index (χ0v) is 8.09. The number of nitrogens with zero attached hydrogens (tertiary/aromatic N) is 1. The Morgan fingerprint density at radius 3 is 3.15 bits per heavy atom.